The summed E-state index contributed by atoms with van der Waals surface area (Å²) in [7, 11) is 0. The summed E-state index contributed by atoms with van der Waals surface area (Å²) in [6.45, 7) is 6.68. The maximum Gasteiger partial charge on any atom is 0.0702 e. The molecule has 0 amide bonds. The van der Waals surface area contributed by atoms with Gasteiger partial charge in [-0.25, -0.2) is 0 Å². The van der Waals surface area contributed by atoms with Crippen molar-refractivity contribution in [2.24, 2.45) is 0 Å². The number of hydrogen-bond acceptors (Lipinski definition) is 1. The molecule has 0 unspecified atom stereocenters. The third kappa shape index (κ3) is 1.75. The molecule has 0 spiro atoms. The molecule has 0 fully saturated rings. The molecule has 0 aliphatic carbocycles. The average Bonchev–Trinajstić information content (AvgIpc) is 2.72. The first-order valence-electron chi connectivity index (χ1n) is 6.66. The molecule has 2 aromatic carbocycles. The summed E-state index contributed by atoms with van der Waals surface area (Å²) in [5.74, 6) is 0. The summed E-state index contributed by atoms with van der Waals surface area (Å²) in [5, 5.41) is 12.1. The van der Waals surface area contributed by atoms with E-state index in [0.29, 0.717) is 0 Å². The molecule has 0 saturated heterocycles. The van der Waals surface area contributed by atoms with Crippen molar-refractivity contribution < 1.29 is 5.11 Å². The summed E-state index contributed by atoms with van der Waals surface area (Å²) in [4.78, 5) is 0. The summed E-state index contributed by atoms with van der Waals surface area (Å²) in [5.41, 5.74) is 3.35. The number of fused-ring (bicyclic) bond motifs is 3. The highest BCUT2D eigenvalue weighted by molar-refractivity contribution is 6.09. The molecule has 0 bridgehead atoms. The highest BCUT2D eigenvalue weighted by atomic mass is 16.3. The number of nitrogens with zero attached hydrogens (tertiary/aromatic N) is 1. The molecule has 0 radical (unpaired) electrons. The van der Waals surface area contributed by atoms with Crippen LogP contribution in [0.3, 0.4) is 0 Å². The third-order valence-electron chi connectivity index (χ3n) is 3.62. The molecule has 19 heavy (non-hydrogen) atoms. The zero-order valence-electron chi connectivity index (χ0n) is 11.6. The van der Waals surface area contributed by atoms with Crippen molar-refractivity contribution >= 4 is 21.8 Å². The van der Waals surface area contributed by atoms with Crippen molar-refractivity contribution in [1.82, 2.24) is 4.57 Å². The van der Waals surface area contributed by atoms with E-state index in [9.17, 15) is 5.11 Å². The third-order valence-corrected chi connectivity index (χ3v) is 3.62. The molecular formula is C17H19NO. The van der Waals surface area contributed by atoms with Crippen molar-refractivity contribution in [3.8, 4) is 0 Å². The molecule has 1 N–H and O–H groups in total. The number of para-hydroxylation sites is 2. The molecule has 98 valence electrons. The highest BCUT2D eigenvalue weighted by Crippen LogP contribution is 2.35. The average molecular weight is 253 g/mol. The highest BCUT2D eigenvalue weighted by Gasteiger charge is 2.21. The number of hydrogen-bond donors (Lipinski definition) is 1. The van der Waals surface area contributed by atoms with Gasteiger partial charge in [-0.15, -0.1) is 0 Å². The Morgan fingerprint density at radius 2 is 1.63 bits per heavy atom. The van der Waals surface area contributed by atoms with Crippen LogP contribution < -0.4 is 0 Å². The van der Waals surface area contributed by atoms with Crippen LogP contribution in [-0.2, 0) is 12.1 Å². The lowest BCUT2D eigenvalue weighted by molar-refractivity contribution is 0.282. The lowest BCUT2D eigenvalue weighted by Crippen LogP contribution is -2.21. The maximum atomic E-state index is 9.64. The van der Waals surface area contributed by atoms with Crippen LogP contribution in [0.1, 0.15) is 26.3 Å². The van der Waals surface area contributed by atoms with Crippen molar-refractivity contribution in [2.75, 3.05) is 0 Å². The Morgan fingerprint density at radius 3 is 2.32 bits per heavy atom. The molecular weight excluding hydrogens is 234 g/mol. The van der Waals surface area contributed by atoms with E-state index >= 15 is 0 Å². The fourth-order valence-corrected chi connectivity index (χ4v) is 2.91. The summed E-state index contributed by atoms with van der Waals surface area (Å²) < 4.78 is 2.34. The SMILES string of the molecule is CC(C)(C)n1c2ccccc2c2cccc(CO)c21. The Kier molecular flexibility index (Phi) is 2.64. The predicted octanol–water partition coefficient (Wildman–Crippen LogP) is 4.04. The van der Waals surface area contributed by atoms with Gasteiger partial charge in [-0.05, 0) is 26.8 Å². The van der Waals surface area contributed by atoms with Crippen molar-refractivity contribution in [3.05, 3.63) is 48.0 Å². The van der Waals surface area contributed by atoms with Gasteiger partial charge < -0.3 is 9.67 Å². The molecule has 0 aliphatic rings. The van der Waals surface area contributed by atoms with E-state index in [1.54, 1.807) is 0 Å². The van der Waals surface area contributed by atoms with Gasteiger partial charge in [0.25, 0.3) is 0 Å². The normalized spacial score (nSPS) is 12.4. The minimum absolute atomic E-state index is 0.0212. The molecule has 0 atom stereocenters. The van der Waals surface area contributed by atoms with Crippen LogP contribution in [0.5, 0.6) is 0 Å². The van der Waals surface area contributed by atoms with Gasteiger partial charge in [-0.2, -0.15) is 0 Å². The van der Waals surface area contributed by atoms with E-state index in [2.05, 4.69) is 55.7 Å². The van der Waals surface area contributed by atoms with Crippen molar-refractivity contribution in [1.29, 1.82) is 0 Å². The smallest absolute Gasteiger partial charge is 0.0702 e. The zero-order chi connectivity index (χ0) is 13.6. The van der Waals surface area contributed by atoms with E-state index in [4.69, 9.17) is 0 Å². The maximum absolute atomic E-state index is 9.64. The van der Waals surface area contributed by atoms with Gasteiger partial charge in [0.05, 0.1) is 12.1 Å². The van der Waals surface area contributed by atoms with Crippen LogP contribution in [0.15, 0.2) is 42.5 Å². The quantitative estimate of drug-likeness (QED) is 0.695. The van der Waals surface area contributed by atoms with Gasteiger partial charge in [0.2, 0.25) is 0 Å². The molecule has 2 nitrogen and oxygen atoms in total. The van der Waals surface area contributed by atoms with E-state index < -0.39 is 0 Å². The van der Waals surface area contributed by atoms with E-state index in [1.807, 2.05) is 12.1 Å². The van der Waals surface area contributed by atoms with Crippen molar-refractivity contribution in [2.45, 2.75) is 32.9 Å². The second-order valence-corrected chi connectivity index (χ2v) is 5.99. The van der Waals surface area contributed by atoms with Crippen LogP contribution in [0.4, 0.5) is 0 Å². The van der Waals surface area contributed by atoms with E-state index in [1.165, 1.54) is 16.3 Å². The molecule has 3 aromatic rings. The second-order valence-electron chi connectivity index (χ2n) is 5.99. The molecule has 0 saturated carbocycles. The minimum Gasteiger partial charge on any atom is -0.392 e. The fraction of sp³-hybridized carbons (Fsp3) is 0.294. The van der Waals surface area contributed by atoms with Crippen LogP contribution >= 0.6 is 0 Å². The first kappa shape index (κ1) is 12.2. The Bertz CT molecular complexity index is 747. The lowest BCUT2D eigenvalue weighted by atomic mass is 10.1. The molecule has 2 heteroatoms. The fourth-order valence-electron chi connectivity index (χ4n) is 2.91. The number of aromatic nitrogens is 1. The van der Waals surface area contributed by atoms with Gasteiger partial charge >= 0.3 is 0 Å². The standard InChI is InChI=1S/C17H19NO/c1-17(2,3)18-15-10-5-4-8-13(15)14-9-6-7-12(11-19)16(14)18/h4-10,19H,11H2,1-3H3. The minimum atomic E-state index is -0.0212. The summed E-state index contributed by atoms with van der Waals surface area (Å²) >= 11 is 0. The van der Waals surface area contributed by atoms with Crippen molar-refractivity contribution in [3.63, 3.8) is 0 Å². The van der Waals surface area contributed by atoms with Gasteiger partial charge in [-0.3, -0.25) is 0 Å². The summed E-state index contributed by atoms with van der Waals surface area (Å²) in [6, 6.07) is 14.6. The molecule has 0 aliphatic heterocycles. The van der Waals surface area contributed by atoms with Gasteiger partial charge in [0, 0.05) is 27.4 Å². The Morgan fingerprint density at radius 1 is 0.947 bits per heavy atom. The topological polar surface area (TPSA) is 25.2 Å². The van der Waals surface area contributed by atoms with Gasteiger partial charge in [0.15, 0.2) is 0 Å². The van der Waals surface area contributed by atoms with E-state index in [0.717, 1.165) is 11.1 Å². The van der Waals surface area contributed by atoms with Crippen LogP contribution in [-0.4, -0.2) is 9.67 Å². The van der Waals surface area contributed by atoms with Crippen LogP contribution in [0.2, 0.25) is 0 Å². The monoisotopic (exact) mass is 253 g/mol. The molecule has 1 aromatic heterocycles. The lowest BCUT2D eigenvalue weighted by Gasteiger charge is -2.25. The zero-order valence-corrected chi connectivity index (χ0v) is 11.6. The Labute approximate surface area is 113 Å². The first-order chi connectivity index (χ1) is 9.04. The molecule has 1 heterocycles. The van der Waals surface area contributed by atoms with Gasteiger partial charge in [-0.1, -0.05) is 36.4 Å². The molecule has 3 rings (SSSR count). The Hall–Kier alpha value is -1.80. The van der Waals surface area contributed by atoms with Crippen LogP contribution in [0, 0.1) is 0 Å². The number of aliphatic hydroxyl groups is 1. The predicted molar refractivity (Wildman–Crippen MR) is 80.4 cm³/mol. The second kappa shape index (κ2) is 4.10. The van der Waals surface area contributed by atoms with Crippen LogP contribution in [0.25, 0.3) is 21.8 Å². The Balaban J connectivity index is 2.61. The first-order valence-corrected chi connectivity index (χ1v) is 6.66. The number of benzene rings is 2. The number of aliphatic hydroxyl groups excluding tert-OH is 1. The van der Waals surface area contributed by atoms with Gasteiger partial charge in [0.1, 0.15) is 0 Å². The largest absolute Gasteiger partial charge is 0.392 e. The van der Waals surface area contributed by atoms with E-state index in [-0.39, 0.29) is 12.1 Å². The number of rotatable bonds is 1. The summed E-state index contributed by atoms with van der Waals surface area (Å²) in [6.07, 6.45) is 0.